The quantitative estimate of drug-likeness (QED) is 0.849. The molecule has 102 valence electrons. The minimum atomic E-state index is -4.44. The lowest BCUT2D eigenvalue weighted by Gasteiger charge is -2.16. The second-order valence-electron chi connectivity index (χ2n) is 3.83. The zero-order chi connectivity index (χ0) is 13.9. The summed E-state index contributed by atoms with van der Waals surface area (Å²) in [6, 6.07) is 3.01. The average molecular weight is 289 g/mol. The standard InChI is InChI=1S/C11H10F3N3OS/c12-11(13,14)9-6-7(15-4-1-5-16-9)8-2-3-10(17-18)19-8/h2-3,6,16H,1,4-5H2/b9-6-,15-7?. The first-order valence-corrected chi connectivity index (χ1v) is 6.33. The van der Waals surface area contributed by atoms with Crippen LogP contribution in [0.1, 0.15) is 11.3 Å². The molecule has 1 aromatic rings. The van der Waals surface area contributed by atoms with Gasteiger partial charge in [0.05, 0.1) is 10.6 Å². The number of nitrogens with zero attached hydrogens (tertiary/aromatic N) is 2. The van der Waals surface area contributed by atoms with E-state index in [1.165, 1.54) is 6.07 Å². The van der Waals surface area contributed by atoms with Crippen molar-refractivity contribution in [3.8, 4) is 0 Å². The van der Waals surface area contributed by atoms with E-state index in [1.54, 1.807) is 6.07 Å². The fourth-order valence-corrected chi connectivity index (χ4v) is 2.34. The molecule has 0 amide bonds. The highest BCUT2D eigenvalue weighted by atomic mass is 32.1. The van der Waals surface area contributed by atoms with Crippen LogP contribution in [-0.2, 0) is 0 Å². The summed E-state index contributed by atoms with van der Waals surface area (Å²) >= 11 is 1.02. The molecule has 0 aromatic carbocycles. The summed E-state index contributed by atoms with van der Waals surface area (Å²) in [7, 11) is 0. The summed E-state index contributed by atoms with van der Waals surface area (Å²) in [5.41, 5.74) is -0.598. The van der Waals surface area contributed by atoms with Crippen molar-refractivity contribution in [1.82, 2.24) is 5.32 Å². The van der Waals surface area contributed by atoms with Crippen molar-refractivity contribution in [1.29, 1.82) is 0 Å². The van der Waals surface area contributed by atoms with E-state index >= 15 is 0 Å². The molecule has 0 fully saturated rings. The summed E-state index contributed by atoms with van der Waals surface area (Å²) in [6.45, 7) is 0.666. The Morgan fingerprint density at radius 3 is 2.79 bits per heavy atom. The van der Waals surface area contributed by atoms with Crippen LogP contribution in [0.5, 0.6) is 0 Å². The van der Waals surface area contributed by atoms with Gasteiger partial charge in [-0.25, -0.2) is 0 Å². The Balaban J connectivity index is 2.37. The van der Waals surface area contributed by atoms with E-state index in [2.05, 4.69) is 15.5 Å². The molecule has 4 nitrogen and oxygen atoms in total. The lowest BCUT2D eigenvalue weighted by molar-refractivity contribution is -0.0966. The monoisotopic (exact) mass is 289 g/mol. The number of nitroso groups, excluding NO2 is 1. The Bertz CT molecular complexity index is 534. The van der Waals surface area contributed by atoms with Crippen molar-refractivity contribution in [2.24, 2.45) is 10.2 Å². The van der Waals surface area contributed by atoms with Gasteiger partial charge in [-0.2, -0.15) is 13.2 Å². The van der Waals surface area contributed by atoms with Crippen LogP contribution >= 0.6 is 11.3 Å². The van der Waals surface area contributed by atoms with Crippen LogP contribution in [0.25, 0.3) is 0 Å². The van der Waals surface area contributed by atoms with Crippen molar-refractivity contribution in [2.45, 2.75) is 12.6 Å². The Hall–Kier alpha value is -1.70. The molecule has 0 saturated carbocycles. The van der Waals surface area contributed by atoms with Crippen LogP contribution < -0.4 is 5.32 Å². The third-order valence-corrected chi connectivity index (χ3v) is 3.44. The largest absolute Gasteiger partial charge is 0.430 e. The van der Waals surface area contributed by atoms with Gasteiger partial charge in [-0.05, 0) is 29.8 Å². The van der Waals surface area contributed by atoms with Gasteiger partial charge in [-0.15, -0.1) is 16.2 Å². The van der Waals surface area contributed by atoms with Gasteiger partial charge in [0.1, 0.15) is 5.70 Å². The average Bonchev–Trinajstić information content (AvgIpc) is 2.75. The van der Waals surface area contributed by atoms with Gasteiger partial charge in [-0.1, -0.05) is 0 Å². The van der Waals surface area contributed by atoms with Gasteiger partial charge in [0.25, 0.3) is 0 Å². The van der Waals surface area contributed by atoms with Crippen molar-refractivity contribution in [2.75, 3.05) is 13.1 Å². The number of hydrogen-bond acceptors (Lipinski definition) is 5. The minimum Gasteiger partial charge on any atom is -0.381 e. The number of hydrogen-bond donors (Lipinski definition) is 1. The zero-order valence-corrected chi connectivity index (χ0v) is 10.5. The predicted octanol–water partition coefficient (Wildman–Crippen LogP) is 3.37. The Morgan fingerprint density at radius 2 is 2.16 bits per heavy atom. The van der Waals surface area contributed by atoms with E-state index in [0.29, 0.717) is 17.8 Å². The summed E-state index contributed by atoms with van der Waals surface area (Å²) in [6.07, 6.45) is -2.96. The third-order valence-electron chi connectivity index (χ3n) is 2.45. The molecule has 19 heavy (non-hydrogen) atoms. The summed E-state index contributed by atoms with van der Waals surface area (Å²) in [4.78, 5) is 15.0. The van der Waals surface area contributed by atoms with Crippen molar-refractivity contribution >= 4 is 22.0 Å². The first-order valence-electron chi connectivity index (χ1n) is 5.51. The van der Waals surface area contributed by atoms with Crippen LogP contribution in [0.4, 0.5) is 18.2 Å². The number of rotatable bonds is 2. The Kier molecular flexibility index (Phi) is 3.98. The van der Waals surface area contributed by atoms with Crippen molar-refractivity contribution in [3.05, 3.63) is 33.7 Å². The lowest BCUT2D eigenvalue weighted by atomic mass is 10.2. The van der Waals surface area contributed by atoms with E-state index in [9.17, 15) is 18.1 Å². The number of alkyl halides is 3. The molecule has 2 rings (SSSR count). The first kappa shape index (κ1) is 13.7. The fraction of sp³-hybridized carbons (Fsp3) is 0.364. The molecule has 1 aromatic heterocycles. The summed E-state index contributed by atoms with van der Waals surface area (Å²) in [5, 5.41) is 5.32. The van der Waals surface area contributed by atoms with Crippen LogP contribution in [-0.4, -0.2) is 25.0 Å². The van der Waals surface area contributed by atoms with E-state index in [4.69, 9.17) is 0 Å². The number of nitrogens with one attached hydrogen (secondary N) is 1. The molecule has 0 spiro atoms. The van der Waals surface area contributed by atoms with Gasteiger partial charge in [-0.3, -0.25) is 4.99 Å². The van der Waals surface area contributed by atoms with Crippen LogP contribution in [0.2, 0.25) is 0 Å². The molecule has 0 saturated heterocycles. The fourth-order valence-electron chi connectivity index (χ4n) is 1.58. The highest BCUT2D eigenvalue weighted by Crippen LogP contribution is 2.28. The smallest absolute Gasteiger partial charge is 0.381 e. The van der Waals surface area contributed by atoms with E-state index in [-0.39, 0.29) is 17.3 Å². The molecule has 0 unspecified atom stereocenters. The van der Waals surface area contributed by atoms with Crippen molar-refractivity contribution in [3.63, 3.8) is 0 Å². The molecule has 8 heteroatoms. The van der Waals surface area contributed by atoms with Crippen LogP contribution in [0.3, 0.4) is 0 Å². The van der Waals surface area contributed by atoms with E-state index in [0.717, 1.165) is 17.4 Å². The van der Waals surface area contributed by atoms with Gasteiger partial charge >= 0.3 is 6.18 Å². The molecule has 0 aliphatic carbocycles. The number of thiophene rings is 1. The predicted molar refractivity (Wildman–Crippen MR) is 67.9 cm³/mol. The minimum absolute atomic E-state index is 0.217. The van der Waals surface area contributed by atoms with Gasteiger partial charge in [0, 0.05) is 13.1 Å². The molecule has 2 heterocycles. The SMILES string of the molecule is O=Nc1ccc(C2=NCCCN/C(C(F)(F)F)=C\2)s1. The molecular weight excluding hydrogens is 279 g/mol. The molecule has 1 N–H and O–H groups in total. The maximum absolute atomic E-state index is 12.8. The maximum atomic E-state index is 12.8. The number of aliphatic imine (C=N–C) groups is 1. The molecule has 0 radical (unpaired) electrons. The lowest BCUT2D eigenvalue weighted by Crippen LogP contribution is -2.29. The molecule has 0 bridgehead atoms. The first-order chi connectivity index (χ1) is 9.00. The van der Waals surface area contributed by atoms with Crippen molar-refractivity contribution < 1.29 is 13.2 Å². The van der Waals surface area contributed by atoms with Crippen LogP contribution in [0, 0.1) is 4.91 Å². The van der Waals surface area contributed by atoms with Gasteiger partial charge in [0.15, 0.2) is 5.00 Å². The second-order valence-corrected chi connectivity index (χ2v) is 4.89. The summed E-state index contributed by atoms with van der Waals surface area (Å²) < 4.78 is 38.3. The van der Waals surface area contributed by atoms with Gasteiger partial charge in [0.2, 0.25) is 0 Å². The Labute approximate surface area is 111 Å². The topological polar surface area (TPSA) is 53.8 Å². The summed E-state index contributed by atoms with van der Waals surface area (Å²) in [5.74, 6) is 0. The second kappa shape index (κ2) is 5.52. The maximum Gasteiger partial charge on any atom is 0.430 e. The van der Waals surface area contributed by atoms with Gasteiger partial charge < -0.3 is 5.32 Å². The number of allylic oxidation sites excluding steroid dienone is 2. The normalized spacial score (nSPS) is 19.5. The highest BCUT2D eigenvalue weighted by Gasteiger charge is 2.34. The molecule has 1 aliphatic heterocycles. The van der Waals surface area contributed by atoms with Crippen LogP contribution in [0.15, 0.2) is 34.1 Å². The molecular formula is C11H10F3N3OS. The zero-order valence-electron chi connectivity index (χ0n) is 9.70. The number of halogens is 3. The molecule has 1 aliphatic rings. The van der Waals surface area contributed by atoms with E-state index < -0.39 is 11.9 Å². The highest BCUT2D eigenvalue weighted by molar-refractivity contribution is 7.17. The van der Waals surface area contributed by atoms with E-state index in [1.807, 2.05) is 0 Å². The molecule has 0 atom stereocenters. The third kappa shape index (κ3) is 3.40. The Morgan fingerprint density at radius 1 is 1.37 bits per heavy atom.